The third-order valence-corrected chi connectivity index (χ3v) is 4.89. The zero-order valence-electron chi connectivity index (χ0n) is 9.39. The van der Waals surface area contributed by atoms with E-state index in [1.54, 1.807) is 6.92 Å². The topological polar surface area (TPSA) is 57.6 Å². The monoisotopic (exact) mass is 281 g/mol. The second-order valence-corrected chi connectivity index (χ2v) is 6.00. The van der Waals surface area contributed by atoms with Gasteiger partial charge in [-0.3, -0.25) is 0 Å². The molecule has 0 radical (unpaired) electrons. The summed E-state index contributed by atoms with van der Waals surface area (Å²) in [5.41, 5.74) is 0. The van der Waals surface area contributed by atoms with Gasteiger partial charge in [0.1, 0.15) is 10.7 Å². The highest BCUT2D eigenvalue weighted by Crippen LogP contribution is 2.25. The average Bonchev–Trinajstić information content (AvgIpc) is 2.26. The van der Waals surface area contributed by atoms with E-state index in [0.717, 1.165) is 22.5 Å². The maximum atomic E-state index is 12.8. The number of sulfonamides is 1. The van der Waals surface area contributed by atoms with Crippen molar-refractivity contribution in [3.63, 3.8) is 0 Å². The van der Waals surface area contributed by atoms with Crippen molar-refractivity contribution in [1.29, 1.82) is 0 Å². The number of hydrogen-bond donors (Lipinski definition) is 1. The highest BCUT2D eigenvalue weighted by atomic mass is 35.5. The van der Waals surface area contributed by atoms with Crippen LogP contribution in [-0.2, 0) is 10.0 Å². The summed E-state index contributed by atoms with van der Waals surface area (Å²) in [4.78, 5) is -0.177. The Morgan fingerprint density at radius 1 is 1.53 bits per heavy atom. The zero-order valence-corrected chi connectivity index (χ0v) is 11.0. The lowest BCUT2D eigenvalue weighted by Gasteiger charge is -2.23. The summed E-state index contributed by atoms with van der Waals surface area (Å²) in [5.74, 6) is -0.605. The van der Waals surface area contributed by atoms with Crippen LogP contribution >= 0.6 is 11.6 Å². The molecule has 7 heteroatoms. The summed E-state index contributed by atoms with van der Waals surface area (Å²) in [6.07, 6.45) is 0. The number of aliphatic hydroxyl groups excluding tert-OH is 1. The van der Waals surface area contributed by atoms with Crippen molar-refractivity contribution in [3.05, 3.63) is 29.0 Å². The quantitative estimate of drug-likeness (QED) is 0.909. The van der Waals surface area contributed by atoms with Gasteiger partial charge in [0.05, 0.1) is 11.6 Å². The van der Waals surface area contributed by atoms with Crippen LogP contribution in [0.25, 0.3) is 0 Å². The van der Waals surface area contributed by atoms with Gasteiger partial charge >= 0.3 is 0 Å². The van der Waals surface area contributed by atoms with Gasteiger partial charge in [0.25, 0.3) is 0 Å². The number of likely N-dealkylation sites (N-methyl/N-ethyl adjacent to an activating group) is 1. The summed E-state index contributed by atoms with van der Waals surface area (Å²) in [6, 6.07) is 2.48. The Morgan fingerprint density at radius 3 is 2.59 bits per heavy atom. The van der Waals surface area contributed by atoms with Crippen molar-refractivity contribution in [1.82, 2.24) is 4.31 Å². The van der Waals surface area contributed by atoms with Crippen LogP contribution in [0.1, 0.15) is 6.92 Å². The van der Waals surface area contributed by atoms with Crippen LogP contribution in [0, 0.1) is 5.82 Å². The summed E-state index contributed by atoms with van der Waals surface area (Å²) in [6.45, 7) is 1.24. The van der Waals surface area contributed by atoms with E-state index in [0.29, 0.717) is 0 Å². The first kappa shape index (κ1) is 14.4. The largest absolute Gasteiger partial charge is 0.395 e. The first-order valence-electron chi connectivity index (χ1n) is 4.84. The van der Waals surface area contributed by atoms with E-state index < -0.39 is 21.9 Å². The van der Waals surface area contributed by atoms with E-state index in [1.165, 1.54) is 7.05 Å². The van der Waals surface area contributed by atoms with Crippen LogP contribution in [-0.4, -0.2) is 37.5 Å². The van der Waals surface area contributed by atoms with Gasteiger partial charge in [-0.25, -0.2) is 12.8 Å². The molecule has 0 heterocycles. The van der Waals surface area contributed by atoms with Gasteiger partial charge in [0.2, 0.25) is 10.0 Å². The first-order chi connectivity index (χ1) is 7.80. The van der Waals surface area contributed by atoms with Crippen LogP contribution in [0.4, 0.5) is 4.39 Å². The van der Waals surface area contributed by atoms with Crippen LogP contribution in [0.3, 0.4) is 0 Å². The van der Waals surface area contributed by atoms with Crippen LogP contribution in [0.15, 0.2) is 23.1 Å². The van der Waals surface area contributed by atoms with Gasteiger partial charge in [-0.1, -0.05) is 11.6 Å². The van der Waals surface area contributed by atoms with E-state index in [-0.39, 0.29) is 16.5 Å². The van der Waals surface area contributed by atoms with Gasteiger partial charge in [-0.2, -0.15) is 4.31 Å². The Bertz CT molecular complexity index is 506. The summed E-state index contributed by atoms with van der Waals surface area (Å²) in [5, 5.41) is 8.75. The molecule has 1 rings (SSSR count). The zero-order chi connectivity index (χ0) is 13.2. The predicted octanol–water partition coefficient (Wildman–Crippen LogP) is 1.48. The minimum Gasteiger partial charge on any atom is -0.395 e. The molecule has 0 aromatic heterocycles. The molecule has 1 atom stereocenters. The van der Waals surface area contributed by atoms with Gasteiger partial charge in [0.15, 0.2) is 0 Å². The molecule has 17 heavy (non-hydrogen) atoms. The molecule has 0 amide bonds. The number of hydrogen-bond acceptors (Lipinski definition) is 3. The lowest BCUT2D eigenvalue weighted by atomic mass is 10.3. The first-order valence-corrected chi connectivity index (χ1v) is 6.66. The third-order valence-electron chi connectivity index (χ3n) is 2.44. The Morgan fingerprint density at radius 2 is 2.12 bits per heavy atom. The molecule has 1 N–H and O–H groups in total. The van der Waals surface area contributed by atoms with Crippen molar-refractivity contribution in [3.8, 4) is 0 Å². The molecule has 0 aliphatic carbocycles. The molecule has 4 nitrogen and oxygen atoms in total. The summed E-state index contributed by atoms with van der Waals surface area (Å²) >= 11 is 5.70. The van der Waals surface area contributed by atoms with E-state index >= 15 is 0 Å². The lowest BCUT2D eigenvalue weighted by molar-refractivity contribution is 0.214. The van der Waals surface area contributed by atoms with Gasteiger partial charge in [0, 0.05) is 13.1 Å². The molecule has 1 aromatic rings. The van der Waals surface area contributed by atoms with Crippen molar-refractivity contribution < 1.29 is 17.9 Å². The number of benzene rings is 1. The second-order valence-electron chi connectivity index (χ2n) is 3.63. The van der Waals surface area contributed by atoms with E-state index in [4.69, 9.17) is 16.7 Å². The molecular weight excluding hydrogens is 269 g/mol. The van der Waals surface area contributed by atoms with Gasteiger partial charge in [-0.15, -0.1) is 0 Å². The SMILES string of the molecule is CC(CO)N(C)S(=O)(=O)c1ccc(F)cc1Cl. The Kier molecular flexibility index (Phi) is 4.48. The number of aliphatic hydroxyl groups is 1. The molecule has 1 unspecified atom stereocenters. The van der Waals surface area contributed by atoms with Crippen LogP contribution in [0.2, 0.25) is 5.02 Å². The second kappa shape index (κ2) is 5.30. The highest BCUT2D eigenvalue weighted by Gasteiger charge is 2.27. The summed E-state index contributed by atoms with van der Waals surface area (Å²) < 4.78 is 38.0. The van der Waals surface area contributed by atoms with Gasteiger partial charge in [-0.05, 0) is 25.1 Å². The molecule has 96 valence electrons. The maximum Gasteiger partial charge on any atom is 0.244 e. The van der Waals surface area contributed by atoms with E-state index in [1.807, 2.05) is 0 Å². The number of rotatable bonds is 4. The minimum absolute atomic E-state index is 0.177. The Balaban J connectivity index is 3.22. The molecule has 0 aliphatic rings. The summed E-state index contributed by atoms with van der Waals surface area (Å²) in [7, 11) is -2.49. The molecule has 1 aromatic carbocycles. The molecule has 0 bridgehead atoms. The molecule has 0 saturated heterocycles. The van der Waals surface area contributed by atoms with Crippen molar-refractivity contribution in [2.24, 2.45) is 0 Å². The molecular formula is C10H13ClFNO3S. The normalized spacial score (nSPS) is 14.0. The van der Waals surface area contributed by atoms with Crippen molar-refractivity contribution in [2.45, 2.75) is 17.9 Å². The Hall–Kier alpha value is -0.690. The number of halogens is 2. The fourth-order valence-electron chi connectivity index (χ4n) is 1.19. The highest BCUT2D eigenvalue weighted by molar-refractivity contribution is 7.89. The maximum absolute atomic E-state index is 12.8. The predicted molar refractivity (Wildman–Crippen MR) is 62.9 cm³/mol. The van der Waals surface area contributed by atoms with Crippen molar-refractivity contribution in [2.75, 3.05) is 13.7 Å². The third kappa shape index (κ3) is 2.95. The Labute approximate surface area is 105 Å². The molecule has 0 saturated carbocycles. The standard InChI is InChI=1S/C10H13ClFNO3S/c1-7(6-14)13(2)17(15,16)10-4-3-8(12)5-9(10)11/h3-5,7,14H,6H2,1-2H3. The molecule has 0 spiro atoms. The van der Waals surface area contributed by atoms with E-state index in [2.05, 4.69) is 0 Å². The van der Waals surface area contributed by atoms with E-state index in [9.17, 15) is 12.8 Å². The van der Waals surface area contributed by atoms with Crippen molar-refractivity contribution >= 4 is 21.6 Å². The smallest absolute Gasteiger partial charge is 0.244 e. The fraction of sp³-hybridized carbons (Fsp3) is 0.400. The van der Waals surface area contributed by atoms with Gasteiger partial charge < -0.3 is 5.11 Å². The fourth-order valence-corrected chi connectivity index (χ4v) is 3.05. The average molecular weight is 282 g/mol. The number of nitrogens with zero attached hydrogens (tertiary/aromatic N) is 1. The van der Waals surface area contributed by atoms with Crippen LogP contribution < -0.4 is 0 Å². The lowest BCUT2D eigenvalue weighted by Crippen LogP contribution is -2.37. The minimum atomic E-state index is -3.82. The molecule has 0 fully saturated rings. The van der Waals surface area contributed by atoms with Crippen LogP contribution in [0.5, 0.6) is 0 Å². The molecule has 0 aliphatic heterocycles.